The zero-order valence-electron chi connectivity index (χ0n) is 15.0. The molecule has 2 aliphatic heterocycles. The van der Waals surface area contributed by atoms with Gasteiger partial charge in [-0.1, -0.05) is 0 Å². The summed E-state index contributed by atoms with van der Waals surface area (Å²) in [4.78, 5) is 29.4. The van der Waals surface area contributed by atoms with Crippen LogP contribution in [0.4, 0.5) is 5.82 Å². The number of carbonyl (C=O) groups excluding carboxylic acids is 1. The molecule has 0 aromatic carbocycles. The number of ether oxygens (including phenoxy) is 1. The Bertz CT molecular complexity index is 774. The molecule has 7 nitrogen and oxygen atoms in total. The van der Waals surface area contributed by atoms with Crippen molar-refractivity contribution in [3.8, 4) is 5.88 Å². The molecule has 4 heterocycles. The molecule has 0 bridgehead atoms. The fourth-order valence-corrected chi connectivity index (χ4v) is 3.47. The van der Waals surface area contributed by atoms with E-state index in [4.69, 9.17) is 4.74 Å². The van der Waals surface area contributed by atoms with Crippen LogP contribution in [0.25, 0.3) is 0 Å². The van der Waals surface area contributed by atoms with Crippen molar-refractivity contribution in [1.82, 2.24) is 19.9 Å². The number of likely N-dealkylation sites (tertiary alicyclic amines) is 1. The number of amides is 1. The largest absolute Gasteiger partial charge is 0.472 e. The molecule has 2 saturated heterocycles. The molecule has 2 aliphatic rings. The van der Waals surface area contributed by atoms with Crippen LogP contribution in [0.1, 0.15) is 35.3 Å². The molecule has 26 heavy (non-hydrogen) atoms. The van der Waals surface area contributed by atoms with Gasteiger partial charge in [0, 0.05) is 44.0 Å². The minimum Gasteiger partial charge on any atom is -0.472 e. The number of carbonyl (C=O) groups is 1. The molecule has 0 saturated carbocycles. The predicted octanol–water partition coefficient (Wildman–Crippen LogP) is 2.07. The number of hydrogen-bond acceptors (Lipinski definition) is 6. The van der Waals surface area contributed by atoms with Gasteiger partial charge in [-0.15, -0.1) is 0 Å². The van der Waals surface area contributed by atoms with Crippen molar-refractivity contribution < 1.29 is 9.53 Å². The second kappa shape index (κ2) is 7.27. The number of nitrogens with zero attached hydrogens (tertiary/aromatic N) is 5. The minimum absolute atomic E-state index is 0.00374. The first kappa shape index (κ1) is 16.8. The lowest BCUT2D eigenvalue weighted by Crippen LogP contribution is -2.31. The summed E-state index contributed by atoms with van der Waals surface area (Å²) in [5, 5.41) is 0. The van der Waals surface area contributed by atoms with E-state index < -0.39 is 0 Å². The number of anilines is 1. The Labute approximate surface area is 153 Å². The van der Waals surface area contributed by atoms with Gasteiger partial charge < -0.3 is 14.5 Å². The third-order valence-electron chi connectivity index (χ3n) is 4.94. The molecule has 1 unspecified atom stereocenters. The summed E-state index contributed by atoms with van der Waals surface area (Å²) in [6.07, 6.45) is 6.35. The van der Waals surface area contributed by atoms with E-state index in [0.717, 1.165) is 31.0 Å². The van der Waals surface area contributed by atoms with Crippen molar-refractivity contribution in [3.05, 3.63) is 42.0 Å². The highest BCUT2D eigenvalue weighted by Gasteiger charge is 2.29. The summed E-state index contributed by atoms with van der Waals surface area (Å²) in [5.74, 6) is 1.51. The standard InChI is InChI=1S/C19H23N5O2/c1-14-4-5-15(11-20-14)19(25)24-9-6-16(12-24)26-18-10-17(21-13-22-18)23-7-2-3-8-23/h4-5,10-11,13,16H,2-3,6-9,12H2,1H3. The van der Waals surface area contributed by atoms with Gasteiger partial charge in [0.1, 0.15) is 18.2 Å². The fourth-order valence-electron chi connectivity index (χ4n) is 3.47. The molecule has 7 heteroatoms. The molecule has 136 valence electrons. The zero-order valence-corrected chi connectivity index (χ0v) is 15.0. The number of aryl methyl sites for hydroxylation is 1. The average molecular weight is 353 g/mol. The van der Waals surface area contributed by atoms with E-state index in [1.165, 1.54) is 12.8 Å². The van der Waals surface area contributed by atoms with Crippen LogP contribution in [0.3, 0.4) is 0 Å². The normalized spacial score (nSPS) is 19.8. The number of aromatic nitrogens is 3. The van der Waals surface area contributed by atoms with Crippen LogP contribution < -0.4 is 9.64 Å². The van der Waals surface area contributed by atoms with Crippen LogP contribution in [0, 0.1) is 6.92 Å². The molecular weight excluding hydrogens is 330 g/mol. The van der Waals surface area contributed by atoms with Gasteiger partial charge >= 0.3 is 0 Å². The van der Waals surface area contributed by atoms with Gasteiger partial charge in [-0.25, -0.2) is 9.97 Å². The van der Waals surface area contributed by atoms with Crippen LogP contribution in [0.5, 0.6) is 5.88 Å². The molecule has 1 atom stereocenters. The summed E-state index contributed by atoms with van der Waals surface area (Å²) < 4.78 is 6.02. The van der Waals surface area contributed by atoms with Crippen molar-refractivity contribution in [2.45, 2.75) is 32.3 Å². The van der Waals surface area contributed by atoms with Gasteiger partial charge in [-0.2, -0.15) is 0 Å². The molecule has 2 fully saturated rings. The van der Waals surface area contributed by atoms with Gasteiger partial charge in [0.15, 0.2) is 0 Å². The lowest BCUT2D eigenvalue weighted by atomic mass is 10.2. The van der Waals surface area contributed by atoms with E-state index in [1.54, 1.807) is 12.5 Å². The van der Waals surface area contributed by atoms with E-state index in [-0.39, 0.29) is 12.0 Å². The smallest absolute Gasteiger partial charge is 0.255 e. The molecule has 0 aliphatic carbocycles. The molecule has 2 aromatic heterocycles. The van der Waals surface area contributed by atoms with E-state index in [0.29, 0.717) is 24.5 Å². The van der Waals surface area contributed by atoms with Crippen LogP contribution in [0.2, 0.25) is 0 Å². The van der Waals surface area contributed by atoms with Crippen LogP contribution in [0.15, 0.2) is 30.7 Å². The van der Waals surface area contributed by atoms with E-state index in [1.807, 2.05) is 30.0 Å². The Morgan fingerprint density at radius 3 is 2.77 bits per heavy atom. The SMILES string of the molecule is Cc1ccc(C(=O)N2CCC(Oc3cc(N4CCCC4)ncn3)C2)cn1. The maximum atomic E-state index is 12.6. The summed E-state index contributed by atoms with van der Waals surface area (Å²) in [6, 6.07) is 5.59. The van der Waals surface area contributed by atoms with E-state index >= 15 is 0 Å². The summed E-state index contributed by atoms with van der Waals surface area (Å²) in [6.45, 7) is 5.23. The Kier molecular flexibility index (Phi) is 4.69. The van der Waals surface area contributed by atoms with Gasteiger partial charge in [0.05, 0.1) is 12.1 Å². The van der Waals surface area contributed by atoms with Crippen molar-refractivity contribution >= 4 is 11.7 Å². The molecule has 0 N–H and O–H groups in total. The predicted molar refractivity (Wildman–Crippen MR) is 97.4 cm³/mol. The molecule has 0 radical (unpaired) electrons. The summed E-state index contributed by atoms with van der Waals surface area (Å²) in [5.41, 5.74) is 1.52. The maximum Gasteiger partial charge on any atom is 0.255 e. The highest BCUT2D eigenvalue weighted by Crippen LogP contribution is 2.23. The Hall–Kier alpha value is -2.70. The van der Waals surface area contributed by atoms with Gasteiger partial charge in [0.25, 0.3) is 5.91 Å². The molecule has 1 amide bonds. The van der Waals surface area contributed by atoms with Gasteiger partial charge in [-0.05, 0) is 31.9 Å². The monoisotopic (exact) mass is 353 g/mol. The first-order valence-corrected chi connectivity index (χ1v) is 9.14. The second-order valence-electron chi connectivity index (χ2n) is 6.88. The van der Waals surface area contributed by atoms with E-state index in [9.17, 15) is 4.79 Å². The van der Waals surface area contributed by atoms with Gasteiger partial charge in [-0.3, -0.25) is 9.78 Å². The highest BCUT2D eigenvalue weighted by atomic mass is 16.5. The highest BCUT2D eigenvalue weighted by molar-refractivity contribution is 5.94. The Morgan fingerprint density at radius 2 is 2.00 bits per heavy atom. The topological polar surface area (TPSA) is 71.5 Å². The first-order valence-electron chi connectivity index (χ1n) is 9.14. The third-order valence-corrected chi connectivity index (χ3v) is 4.94. The molecular formula is C19H23N5O2. The van der Waals surface area contributed by atoms with Gasteiger partial charge in [0.2, 0.25) is 5.88 Å². The quantitative estimate of drug-likeness (QED) is 0.838. The average Bonchev–Trinajstić information content (AvgIpc) is 3.34. The number of pyridine rings is 1. The Morgan fingerprint density at radius 1 is 1.15 bits per heavy atom. The summed E-state index contributed by atoms with van der Waals surface area (Å²) >= 11 is 0. The van der Waals surface area contributed by atoms with Crippen LogP contribution in [-0.2, 0) is 0 Å². The van der Waals surface area contributed by atoms with Crippen molar-refractivity contribution in [1.29, 1.82) is 0 Å². The van der Waals surface area contributed by atoms with Crippen molar-refractivity contribution in [3.63, 3.8) is 0 Å². The zero-order chi connectivity index (χ0) is 17.9. The fraction of sp³-hybridized carbons (Fsp3) is 0.474. The lowest BCUT2D eigenvalue weighted by Gasteiger charge is -2.19. The van der Waals surface area contributed by atoms with Crippen LogP contribution >= 0.6 is 0 Å². The van der Waals surface area contributed by atoms with Crippen molar-refractivity contribution in [2.24, 2.45) is 0 Å². The van der Waals surface area contributed by atoms with Crippen molar-refractivity contribution in [2.75, 3.05) is 31.1 Å². The molecule has 4 rings (SSSR count). The van der Waals surface area contributed by atoms with Crippen LogP contribution in [-0.4, -0.2) is 58.0 Å². The van der Waals surface area contributed by atoms with E-state index in [2.05, 4.69) is 19.9 Å². The number of hydrogen-bond donors (Lipinski definition) is 0. The number of rotatable bonds is 4. The maximum absolute atomic E-state index is 12.6. The first-order chi connectivity index (χ1) is 12.7. The lowest BCUT2D eigenvalue weighted by molar-refractivity contribution is 0.0770. The third kappa shape index (κ3) is 3.61. The molecule has 2 aromatic rings. The summed E-state index contributed by atoms with van der Waals surface area (Å²) in [7, 11) is 0. The minimum atomic E-state index is -0.0429. The molecule has 0 spiro atoms. The Balaban J connectivity index is 1.37. The second-order valence-corrected chi connectivity index (χ2v) is 6.88.